The van der Waals surface area contributed by atoms with Crippen LogP contribution in [-0.4, -0.2) is 24.8 Å². The summed E-state index contributed by atoms with van der Waals surface area (Å²) >= 11 is 13.4. The van der Waals surface area contributed by atoms with Crippen LogP contribution in [0.1, 0.15) is 0 Å². The summed E-state index contributed by atoms with van der Waals surface area (Å²) in [5.74, 6) is 0.609. The van der Waals surface area contributed by atoms with E-state index in [1.54, 1.807) is 22.8 Å². The van der Waals surface area contributed by atoms with E-state index < -0.39 is 0 Å². The molecule has 0 N–H and O–H groups in total. The van der Waals surface area contributed by atoms with Gasteiger partial charge in [-0.05, 0) is 24.3 Å². The van der Waals surface area contributed by atoms with E-state index in [4.69, 9.17) is 23.2 Å². The van der Waals surface area contributed by atoms with Gasteiger partial charge in [-0.25, -0.2) is 0 Å². The summed E-state index contributed by atoms with van der Waals surface area (Å²) < 4.78 is 1.69. The molecule has 108 valence electrons. The number of nitrogens with zero attached hydrogens (tertiary/aromatic N) is 5. The Bertz CT molecular complexity index is 964. The fraction of sp³-hybridized carbons (Fsp3) is 0. The van der Waals surface area contributed by atoms with Crippen molar-refractivity contribution in [2.45, 2.75) is 0 Å². The monoisotopic (exact) mass is 347 g/mol. The molecule has 8 heteroatoms. The molecule has 0 atom stereocenters. The summed E-state index contributed by atoms with van der Waals surface area (Å²) in [5, 5.41) is 14.7. The Kier molecular flexibility index (Phi) is 3.29. The van der Waals surface area contributed by atoms with Crippen molar-refractivity contribution in [1.29, 1.82) is 0 Å². The molecule has 4 rings (SSSR count). The van der Waals surface area contributed by atoms with Crippen LogP contribution in [0.2, 0.25) is 10.0 Å². The van der Waals surface area contributed by atoms with E-state index in [1.807, 2.05) is 24.3 Å². The molecule has 0 unspecified atom stereocenters. The van der Waals surface area contributed by atoms with Crippen LogP contribution in [-0.2, 0) is 0 Å². The van der Waals surface area contributed by atoms with Crippen LogP contribution >= 0.6 is 34.5 Å². The minimum absolute atomic E-state index is 0.495. The van der Waals surface area contributed by atoms with Gasteiger partial charge in [0.2, 0.25) is 10.8 Å². The van der Waals surface area contributed by atoms with Gasteiger partial charge in [0.1, 0.15) is 10.7 Å². The molecule has 0 aliphatic carbocycles. The number of fused-ring (bicyclic) bond motifs is 1. The maximum Gasteiger partial charge on any atom is 0.235 e. The second-order valence-corrected chi connectivity index (χ2v) is 6.24. The zero-order chi connectivity index (χ0) is 15.1. The number of pyridine rings is 1. The van der Waals surface area contributed by atoms with Crippen LogP contribution in [0.4, 0.5) is 0 Å². The average molecular weight is 348 g/mol. The van der Waals surface area contributed by atoms with E-state index >= 15 is 0 Å². The minimum Gasteiger partial charge on any atom is -0.253 e. The molecular weight excluding hydrogens is 341 g/mol. The molecule has 22 heavy (non-hydrogen) atoms. The fourth-order valence-electron chi connectivity index (χ4n) is 2.02. The van der Waals surface area contributed by atoms with Crippen molar-refractivity contribution in [3.05, 3.63) is 52.6 Å². The van der Waals surface area contributed by atoms with Gasteiger partial charge < -0.3 is 0 Å². The smallest absolute Gasteiger partial charge is 0.235 e. The molecule has 0 radical (unpaired) electrons. The predicted octanol–water partition coefficient (Wildman–Crippen LogP) is 4.22. The van der Waals surface area contributed by atoms with Crippen molar-refractivity contribution in [1.82, 2.24) is 24.8 Å². The third-order valence-electron chi connectivity index (χ3n) is 3.05. The van der Waals surface area contributed by atoms with Crippen molar-refractivity contribution in [3.8, 4) is 22.1 Å². The third-order valence-corrected chi connectivity index (χ3v) is 4.74. The summed E-state index contributed by atoms with van der Waals surface area (Å²) in [7, 11) is 0. The maximum atomic E-state index is 6.06. The van der Waals surface area contributed by atoms with Crippen LogP contribution in [0, 0.1) is 0 Å². The van der Waals surface area contributed by atoms with Crippen molar-refractivity contribution in [2.24, 2.45) is 0 Å². The zero-order valence-electron chi connectivity index (χ0n) is 10.9. The highest BCUT2D eigenvalue weighted by molar-refractivity contribution is 7.19. The van der Waals surface area contributed by atoms with Gasteiger partial charge in [-0.3, -0.25) is 4.98 Å². The van der Waals surface area contributed by atoms with Crippen LogP contribution in [0.3, 0.4) is 0 Å². The predicted molar refractivity (Wildman–Crippen MR) is 87.3 cm³/mol. The highest BCUT2D eigenvalue weighted by Crippen LogP contribution is 2.31. The molecule has 1 aromatic carbocycles. The molecule has 3 aromatic heterocycles. The SMILES string of the molecule is Clc1ccc(-c2nn3c(-c4ccccn4)nnc3s2)cc1Cl. The maximum absolute atomic E-state index is 6.06. The number of halogens is 2. The zero-order valence-corrected chi connectivity index (χ0v) is 13.3. The van der Waals surface area contributed by atoms with Gasteiger partial charge in [0.25, 0.3) is 0 Å². The van der Waals surface area contributed by atoms with Gasteiger partial charge in [-0.15, -0.1) is 10.2 Å². The Labute approximate surface area is 139 Å². The molecule has 0 amide bonds. The van der Waals surface area contributed by atoms with E-state index in [-0.39, 0.29) is 0 Å². The Morgan fingerprint density at radius 3 is 2.68 bits per heavy atom. The Balaban J connectivity index is 1.85. The van der Waals surface area contributed by atoms with Crippen LogP contribution in [0.5, 0.6) is 0 Å². The molecule has 4 aromatic rings. The topological polar surface area (TPSA) is 56.0 Å². The lowest BCUT2D eigenvalue weighted by molar-refractivity contribution is 0.962. The normalized spacial score (nSPS) is 11.2. The summed E-state index contributed by atoms with van der Waals surface area (Å²) in [6, 6.07) is 11.0. The minimum atomic E-state index is 0.495. The molecule has 0 aliphatic heterocycles. The summed E-state index contributed by atoms with van der Waals surface area (Å²) in [6.45, 7) is 0. The van der Waals surface area contributed by atoms with E-state index in [0.717, 1.165) is 16.3 Å². The summed E-state index contributed by atoms with van der Waals surface area (Å²) in [4.78, 5) is 4.98. The highest BCUT2D eigenvalue weighted by atomic mass is 35.5. The van der Waals surface area contributed by atoms with Gasteiger partial charge in [-0.1, -0.05) is 46.7 Å². The lowest BCUT2D eigenvalue weighted by atomic mass is 10.2. The van der Waals surface area contributed by atoms with Gasteiger partial charge in [0, 0.05) is 11.8 Å². The van der Waals surface area contributed by atoms with Gasteiger partial charge in [-0.2, -0.15) is 9.61 Å². The second-order valence-electron chi connectivity index (χ2n) is 4.47. The fourth-order valence-corrected chi connectivity index (χ4v) is 3.15. The first kappa shape index (κ1) is 13.6. The van der Waals surface area contributed by atoms with Gasteiger partial charge in [0.05, 0.1) is 10.0 Å². The number of rotatable bonds is 2. The number of aromatic nitrogens is 5. The molecule has 5 nitrogen and oxygen atoms in total. The van der Waals surface area contributed by atoms with Crippen LogP contribution < -0.4 is 0 Å². The lowest BCUT2D eigenvalue weighted by Crippen LogP contribution is -1.92. The first-order valence-electron chi connectivity index (χ1n) is 6.31. The number of benzene rings is 1. The standard InChI is InChI=1S/C14H7Cl2N5S/c15-9-5-4-8(7-10(9)16)13-20-21-12(18-19-14(21)22-13)11-3-1-2-6-17-11/h1-7H. The van der Waals surface area contributed by atoms with Crippen molar-refractivity contribution in [3.63, 3.8) is 0 Å². The molecule has 0 aliphatic rings. The summed E-state index contributed by atoms with van der Waals surface area (Å²) in [6.07, 6.45) is 1.71. The van der Waals surface area contributed by atoms with E-state index in [0.29, 0.717) is 20.8 Å². The van der Waals surface area contributed by atoms with E-state index in [2.05, 4.69) is 20.3 Å². The molecule has 0 saturated heterocycles. The van der Waals surface area contributed by atoms with Gasteiger partial charge >= 0.3 is 0 Å². The van der Waals surface area contributed by atoms with Crippen molar-refractivity contribution in [2.75, 3.05) is 0 Å². The number of hydrogen-bond acceptors (Lipinski definition) is 5. The first-order chi connectivity index (χ1) is 10.7. The van der Waals surface area contributed by atoms with E-state index in [9.17, 15) is 0 Å². The highest BCUT2D eigenvalue weighted by Gasteiger charge is 2.15. The molecule has 0 saturated carbocycles. The van der Waals surface area contributed by atoms with Crippen LogP contribution in [0.25, 0.3) is 27.1 Å². The number of hydrogen-bond donors (Lipinski definition) is 0. The summed E-state index contributed by atoms with van der Waals surface area (Å²) in [5.41, 5.74) is 1.61. The van der Waals surface area contributed by atoms with E-state index in [1.165, 1.54) is 11.3 Å². The van der Waals surface area contributed by atoms with Crippen molar-refractivity contribution < 1.29 is 0 Å². The molecule has 0 bridgehead atoms. The average Bonchev–Trinajstić information content (AvgIpc) is 3.11. The molecule has 3 heterocycles. The Hall–Kier alpha value is -2.02. The largest absolute Gasteiger partial charge is 0.253 e. The quantitative estimate of drug-likeness (QED) is 0.544. The Morgan fingerprint density at radius 1 is 1.00 bits per heavy atom. The molecular formula is C14H7Cl2N5S. The third kappa shape index (κ3) is 2.25. The molecule has 0 fully saturated rings. The van der Waals surface area contributed by atoms with Crippen molar-refractivity contribution >= 4 is 39.5 Å². The first-order valence-corrected chi connectivity index (χ1v) is 7.89. The Morgan fingerprint density at radius 2 is 1.91 bits per heavy atom. The lowest BCUT2D eigenvalue weighted by Gasteiger charge is -1.98. The van der Waals surface area contributed by atoms with Crippen LogP contribution in [0.15, 0.2) is 42.6 Å². The van der Waals surface area contributed by atoms with Gasteiger partial charge in [0.15, 0.2) is 0 Å². The second kappa shape index (κ2) is 5.31. The molecule has 0 spiro atoms.